The van der Waals surface area contributed by atoms with Crippen molar-refractivity contribution in [2.24, 2.45) is 11.8 Å². The molecule has 0 radical (unpaired) electrons. The van der Waals surface area contributed by atoms with Crippen LogP contribution >= 0.6 is 0 Å². The number of anilines is 1. The van der Waals surface area contributed by atoms with Gasteiger partial charge in [-0.1, -0.05) is 19.1 Å². The maximum atomic E-state index is 11.6. The lowest BCUT2D eigenvalue weighted by Gasteiger charge is -2.07. The number of ether oxygens (including phenoxy) is 1. The SMILES string of the molecule is CC1CC1C(=O)OCC(=O)Nc1ccccc1C#N. The Hall–Kier alpha value is -2.35. The lowest BCUT2D eigenvalue weighted by Crippen LogP contribution is -2.22. The zero-order chi connectivity index (χ0) is 13.8. The van der Waals surface area contributed by atoms with E-state index in [1.54, 1.807) is 24.3 Å². The molecule has 19 heavy (non-hydrogen) atoms. The van der Waals surface area contributed by atoms with Gasteiger partial charge >= 0.3 is 5.97 Å². The van der Waals surface area contributed by atoms with Crippen LogP contribution in [0.25, 0.3) is 0 Å². The number of carbonyl (C=O) groups is 2. The molecule has 0 aromatic heterocycles. The molecule has 1 aliphatic rings. The van der Waals surface area contributed by atoms with Gasteiger partial charge in [-0.25, -0.2) is 0 Å². The summed E-state index contributed by atoms with van der Waals surface area (Å²) in [6.45, 7) is 1.65. The van der Waals surface area contributed by atoms with Crippen molar-refractivity contribution in [3.8, 4) is 6.07 Å². The second kappa shape index (κ2) is 5.53. The summed E-state index contributed by atoms with van der Waals surface area (Å²) >= 11 is 0. The average Bonchev–Trinajstić information content (AvgIpc) is 3.14. The van der Waals surface area contributed by atoms with E-state index in [4.69, 9.17) is 10.00 Å². The molecule has 2 atom stereocenters. The van der Waals surface area contributed by atoms with Crippen LogP contribution in [0.5, 0.6) is 0 Å². The van der Waals surface area contributed by atoms with Crippen molar-refractivity contribution >= 4 is 17.6 Å². The Labute approximate surface area is 111 Å². The molecule has 0 saturated heterocycles. The molecule has 1 aromatic rings. The topological polar surface area (TPSA) is 79.2 Å². The van der Waals surface area contributed by atoms with Crippen molar-refractivity contribution in [1.29, 1.82) is 5.26 Å². The Balaban J connectivity index is 1.84. The first-order valence-electron chi connectivity index (χ1n) is 6.07. The number of esters is 1. The maximum Gasteiger partial charge on any atom is 0.309 e. The second-order valence-corrected chi connectivity index (χ2v) is 4.63. The molecule has 5 nitrogen and oxygen atoms in total. The number of hydrogen-bond donors (Lipinski definition) is 1. The van der Waals surface area contributed by atoms with Crippen molar-refractivity contribution < 1.29 is 14.3 Å². The summed E-state index contributed by atoms with van der Waals surface area (Å²) in [5.41, 5.74) is 0.795. The Bertz CT molecular complexity index is 548. The number of amides is 1. The summed E-state index contributed by atoms with van der Waals surface area (Å²) in [4.78, 5) is 23.1. The van der Waals surface area contributed by atoms with Gasteiger partial charge in [0, 0.05) is 0 Å². The highest BCUT2D eigenvalue weighted by Gasteiger charge is 2.40. The monoisotopic (exact) mass is 258 g/mol. The van der Waals surface area contributed by atoms with Crippen LogP contribution in [0.1, 0.15) is 18.9 Å². The van der Waals surface area contributed by atoms with E-state index in [1.807, 2.05) is 13.0 Å². The summed E-state index contributed by atoms with van der Waals surface area (Å²) < 4.78 is 4.91. The third-order valence-corrected chi connectivity index (χ3v) is 3.08. The fourth-order valence-electron chi connectivity index (χ4n) is 1.77. The number of benzene rings is 1. The highest BCUT2D eigenvalue weighted by atomic mass is 16.5. The fraction of sp³-hybridized carbons (Fsp3) is 0.357. The normalized spacial score (nSPS) is 20.2. The molecule has 0 bridgehead atoms. The van der Waals surface area contributed by atoms with Crippen molar-refractivity contribution in [2.45, 2.75) is 13.3 Å². The van der Waals surface area contributed by atoms with Crippen LogP contribution in [0, 0.1) is 23.2 Å². The number of hydrogen-bond acceptors (Lipinski definition) is 4. The minimum atomic E-state index is -0.440. The molecule has 2 rings (SSSR count). The number of para-hydroxylation sites is 1. The molecule has 1 fully saturated rings. The van der Waals surface area contributed by atoms with Gasteiger partial charge in [-0.15, -0.1) is 0 Å². The van der Waals surface area contributed by atoms with Gasteiger partial charge in [-0.2, -0.15) is 5.26 Å². The highest BCUT2D eigenvalue weighted by Crippen LogP contribution is 2.38. The number of rotatable bonds is 4. The molecular weight excluding hydrogens is 244 g/mol. The Kier molecular flexibility index (Phi) is 3.81. The number of nitrogens with one attached hydrogen (secondary N) is 1. The first-order valence-corrected chi connectivity index (χ1v) is 6.07. The van der Waals surface area contributed by atoms with Gasteiger partial charge in [0.2, 0.25) is 0 Å². The van der Waals surface area contributed by atoms with E-state index in [1.165, 1.54) is 0 Å². The van der Waals surface area contributed by atoms with Gasteiger partial charge in [-0.05, 0) is 24.5 Å². The van der Waals surface area contributed by atoms with Gasteiger partial charge < -0.3 is 10.1 Å². The largest absolute Gasteiger partial charge is 0.455 e. The molecule has 1 aromatic carbocycles. The quantitative estimate of drug-likeness (QED) is 0.833. The van der Waals surface area contributed by atoms with Gasteiger partial charge in [-0.3, -0.25) is 9.59 Å². The molecule has 2 unspecified atom stereocenters. The minimum Gasteiger partial charge on any atom is -0.455 e. The molecule has 1 aliphatic carbocycles. The van der Waals surface area contributed by atoms with Gasteiger partial charge in [0.05, 0.1) is 17.2 Å². The van der Waals surface area contributed by atoms with Gasteiger partial charge in [0.1, 0.15) is 6.07 Å². The Morgan fingerprint density at radius 3 is 2.79 bits per heavy atom. The van der Waals surface area contributed by atoms with E-state index >= 15 is 0 Å². The van der Waals surface area contributed by atoms with Crippen molar-refractivity contribution in [3.05, 3.63) is 29.8 Å². The van der Waals surface area contributed by atoms with E-state index in [9.17, 15) is 9.59 Å². The van der Waals surface area contributed by atoms with Crippen LogP contribution in [0.15, 0.2) is 24.3 Å². The molecule has 98 valence electrons. The standard InChI is InChI=1S/C14H14N2O3/c1-9-6-11(9)14(18)19-8-13(17)16-12-5-3-2-4-10(12)7-15/h2-5,9,11H,6,8H2,1H3,(H,16,17). The average molecular weight is 258 g/mol. The molecule has 0 spiro atoms. The lowest BCUT2D eigenvalue weighted by molar-refractivity contribution is -0.148. The van der Waals surface area contributed by atoms with Crippen LogP contribution < -0.4 is 5.32 Å². The van der Waals surface area contributed by atoms with Crippen LogP contribution in [-0.4, -0.2) is 18.5 Å². The molecule has 1 saturated carbocycles. The molecule has 1 N–H and O–H groups in total. The maximum absolute atomic E-state index is 11.6. The lowest BCUT2D eigenvalue weighted by atomic mass is 10.2. The summed E-state index contributed by atoms with van der Waals surface area (Å²) in [5.74, 6) is -0.463. The summed E-state index contributed by atoms with van der Waals surface area (Å²) in [6.07, 6.45) is 0.831. The van der Waals surface area contributed by atoms with Gasteiger partial charge in [0.25, 0.3) is 5.91 Å². The van der Waals surface area contributed by atoms with E-state index in [2.05, 4.69) is 5.32 Å². The third kappa shape index (κ3) is 3.32. The molecule has 5 heteroatoms. The first kappa shape index (κ1) is 13.1. The highest BCUT2D eigenvalue weighted by molar-refractivity contribution is 5.94. The predicted octanol–water partition coefficient (Wildman–Crippen LogP) is 1.70. The molecule has 0 heterocycles. The number of carbonyl (C=O) groups excluding carboxylic acids is 2. The van der Waals surface area contributed by atoms with Crippen LogP contribution in [0.3, 0.4) is 0 Å². The smallest absolute Gasteiger partial charge is 0.309 e. The Morgan fingerprint density at radius 2 is 2.16 bits per heavy atom. The van der Waals surface area contributed by atoms with E-state index in [0.717, 1.165) is 6.42 Å². The number of nitriles is 1. The van der Waals surface area contributed by atoms with E-state index in [-0.39, 0.29) is 18.5 Å². The zero-order valence-electron chi connectivity index (χ0n) is 10.6. The van der Waals surface area contributed by atoms with Crippen LogP contribution in [0.2, 0.25) is 0 Å². The van der Waals surface area contributed by atoms with Crippen LogP contribution in [0.4, 0.5) is 5.69 Å². The van der Waals surface area contributed by atoms with Crippen molar-refractivity contribution in [2.75, 3.05) is 11.9 Å². The summed E-state index contributed by atoms with van der Waals surface area (Å²) in [7, 11) is 0. The number of nitrogens with zero attached hydrogens (tertiary/aromatic N) is 1. The second-order valence-electron chi connectivity index (χ2n) is 4.63. The Morgan fingerprint density at radius 1 is 1.47 bits per heavy atom. The predicted molar refractivity (Wildman–Crippen MR) is 68.0 cm³/mol. The van der Waals surface area contributed by atoms with E-state index < -0.39 is 5.91 Å². The van der Waals surface area contributed by atoms with Crippen molar-refractivity contribution in [3.63, 3.8) is 0 Å². The molecule has 0 aliphatic heterocycles. The first-order chi connectivity index (χ1) is 9.11. The third-order valence-electron chi connectivity index (χ3n) is 3.08. The fourth-order valence-corrected chi connectivity index (χ4v) is 1.77. The van der Waals surface area contributed by atoms with Gasteiger partial charge in [0.15, 0.2) is 6.61 Å². The van der Waals surface area contributed by atoms with Crippen LogP contribution in [-0.2, 0) is 14.3 Å². The minimum absolute atomic E-state index is 0.0563. The molecular formula is C14H14N2O3. The zero-order valence-corrected chi connectivity index (χ0v) is 10.6. The summed E-state index contributed by atoms with van der Waals surface area (Å²) in [5, 5.41) is 11.4. The molecule has 1 amide bonds. The summed E-state index contributed by atoms with van der Waals surface area (Å²) in [6, 6.07) is 8.64. The van der Waals surface area contributed by atoms with Crippen molar-refractivity contribution in [1.82, 2.24) is 0 Å². The van der Waals surface area contributed by atoms with E-state index in [0.29, 0.717) is 17.2 Å².